The molecule has 0 radical (unpaired) electrons. The number of Topliss-reactive ketones (excluding diaryl/α,β-unsaturated/α-hetero) is 2. The van der Waals surface area contributed by atoms with Crippen LogP contribution in [0.3, 0.4) is 0 Å². The van der Waals surface area contributed by atoms with Gasteiger partial charge in [0.25, 0.3) is 0 Å². The van der Waals surface area contributed by atoms with E-state index in [1.807, 2.05) is 36.4 Å². The Labute approximate surface area is 299 Å². The molecule has 2 heterocycles. The van der Waals surface area contributed by atoms with Gasteiger partial charge in [-0.25, -0.2) is 9.97 Å². The van der Waals surface area contributed by atoms with Crippen molar-refractivity contribution >= 4 is 33.4 Å². The number of pyridine rings is 2. The minimum atomic E-state index is 0. The number of fused-ring (bicyclic) bond motifs is 2. The lowest BCUT2D eigenvalue weighted by Crippen LogP contribution is -2.25. The van der Waals surface area contributed by atoms with E-state index in [1.165, 1.54) is 0 Å². The third-order valence-corrected chi connectivity index (χ3v) is 10.1. The monoisotopic (exact) mass is 674 g/mol. The first-order valence-electron chi connectivity index (χ1n) is 17.3. The zero-order chi connectivity index (χ0) is 34.2. The van der Waals surface area contributed by atoms with Crippen LogP contribution in [0.15, 0.2) is 48.5 Å². The van der Waals surface area contributed by atoms with E-state index in [0.717, 1.165) is 108 Å². The lowest BCUT2D eigenvalue weighted by atomic mass is 9.82. The maximum Gasteiger partial charge on any atom is 0.165 e. The standard InChI is InChI=1S/2C21H23NO2.2CH4/c2*1-4-14-12-17-13-16(8-11-20(17)22-19(14)5-2)21(23)15-6-9-18(24-3)10-7-15;;/h2*2,8,11-13,15,18H,4,6-7,9-10H2,1,3H3;2*1H4. The van der Waals surface area contributed by atoms with Gasteiger partial charge in [0.2, 0.25) is 0 Å². The number of ether oxygens (including phenoxy) is 2. The molecule has 0 spiro atoms. The van der Waals surface area contributed by atoms with Gasteiger partial charge in [-0.15, -0.1) is 12.8 Å². The molecule has 0 atom stereocenters. The van der Waals surface area contributed by atoms with Crippen molar-refractivity contribution in [3.63, 3.8) is 0 Å². The Kier molecular flexibility index (Phi) is 14.9. The van der Waals surface area contributed by atoms with Crippen LogP contribution in [0.25, 0.3) is 21.8 Å². The normalized spacial score (nSPS) is 19.9. The third kappa shape index (κ3) is 9.05. The van der Waals surface area contributed by atoms with Crippen molar-refractivity contribution in [3.8, 4) is 24.7 Å². The number of hydrogen-bond donors (Lipinski definition) is 0. The molecule has 6 nitrogen and oxygen atoms in total. The van der Waals surface area contributed by atoms with Crippen molar-refractivity contribution < 1.29 is 19.1 Å². The van der Waals surface area contributed by atoms with Crippen molar-refractivity contribution in [1.82, 2.24) is 9.97 Å². The fourth-order valence-electron chi connectivity index (χ4n) is 7.13. The van der Waals surface area contributed by atoms with Crippen LogP contribution in [-0.4, -0.2) is 48.0 Å². The first kappa shape index (κ1) is 40.1. The van der Waals surface area contributed by atoms with Crippen LogP contribution in [0.1, 0.15) is 123 Å². The molecule has 0 aliphatic heterocycles. The summed E-state index contributed by atoms with van der Waals surface area (Å²) in [5.41, 5.74) is 6.75. The molecule has 2 saturated carbocycles. The highest BCUT2D eigenvalue weighted by Crippen LogP contribution is 2.31. The second kappa shape index (κ2) is 18.6. The molecule has 0 saturated heterocycles. The predicted octanol–water partition coefficient (Wildman–Crippen LogP) is 9.60. The van der Waals surface area contributed by atoms with E-state index in [0.29, 0.717) is 23.6 Å². The van der Waals surface area contributed by atoms with Gasteiger partial charge in [-0.3, -0.25) is 9.59 Å². The maximum absolute atomic E-state index is 12.8. The number of carbonyl (C=O) groups is 2. The van der Waals surface area contributed by atoms with Gasteiger partial charge < -0.3 is 9.47 Å². The Hall–Kier alpha value is -4.36. The van der Waals surface area contributed by atoms with E-state index in [9.17, 15) is 9.59 Å². The Morgan fingerprint density at radius 3 is 1.30 bits per heavy atom. The smallest absolute Gasteiger partial charge is 0.165 e. The van der Waals surface area contributed by atoms with Crippen LogP contribution in [0, 0.1) is 36.5 Å². The van der Waals surface area contributed by atoms with Crippen LogP contribution in [0.4, 0.5) is 0 Å². The summed E-state index contributed by atoms with van der Waals surface area (Å²) in [7, 11) is 3.50. The molecule has 264 valence electrons. The van der Waals surface area contributed by atoms with Crippen LogP contribution in [0.5, 0.6) is 0 Å². The van der Waals surface area contributed by atoms with Crippen molar-refractivity contribution in [1.29, 1.82) is 0 Å². The van der Waals surface area contributed by atoms with Gasteiger partial charge >= 0.3 is 0 Å². The molecular weight excluding hydrogens is 620 g/mol. The van der Waals surface area contributed by atoms with Gasteiger partial charge in [0.1, 0.15) is 11.4 Å². The van der Waals surface area contributed by atoms with E-state index in [2.05, 4.69) is 47.8 Å². The first-order chi connectivity index (χ1) is 23.3. The molecule has 0 amide bonds. The van der Waals surface area contributed by atoms with Crippen LogP contribution in [-0.2, 0) is 22.3 Å². The number of hydrogen-bond acceptors (Lipinski definition) is 6. The van der Waals surface area contributed by atoms with Crippen molar-refractivity contribution in [2.45, 2.75) is 105 Å². The minimum absolute atomic E-state index is 0. The molecule has 2 aliphatic carbocycles. The highest BCUT2D eigenvalue weighted by atomic mass is 16.5. The van der Waals surface area contributed by atoms with Gasteiger partial charge in [-0.2, -0.15) is 0 Å². The van der Waals surface area contributed by atoms with Gasteiger partial charge in [0.15, 0.2) is 11.6 Å². The Bertz CT molecular complexity index is 1730. The molecule has 2 aliphatic rings. The molecule has 6 heteroatoms. The summed E-state index contributed by atoms with van der Waals surface area (Å²) in [5.74, 6) is 5.99. The van der Waals surface area contributed by atoms with Crippen LogP contribution < -0.4 is 0 Å². The van der Waals surface area contributed by atoms with Gasteiger partial charge in [-0.1, -0.05) is 28.7 Å². The van der Waals surface area contributed by atoms with Crippen molar-refractivity contribution in [2.24, 2.45) is 11.8 Å². The zero-order valence-electron chi connectivity index (χ0n) is 28.7. The highest BCUT2D eigenvalue weighted by Gasteiger charge is 2.28. The average Bonchev–Trinajstić information content (AvgIpc) is 3.15. The van der Waals surface area contributed by atoms with Crippen LogP contribution in [0.2, 0.25) is 0 Å². The Balaban J connectivity index is 0.000000260. The number of nitrogens with zero attached hydrogens (tertiary/aromatic N) is 2. The Morgan fingerprint density at radius 2 is 1.00 bits per heavy atom. The summed E-state index contributed by atoms with van der Waals surface area (Å²) in [4.78, 5) is 34.7. The minimum Gasteiger partial charge on any atom is -0.381 e. The number of terminal acetylenes is 2. The number of aromatic nitrogens is 2. The quantitative estimate of drug-likeness (QED) is 0.137. The van der Waals surface area contributed by atoms with Crippen molar-refractivity contribution in [3.05, 3.63) is 82.2 Å². The summed E-state index contributed by atoms with van der Waals surface area (Å²) in [6.45, 7) is 4.12. The molecule has 0 unspecified atom stereocenters. The van der Waals surface area contributed by atoms with E-state index < -0.39 is 0 Å². The lowest BCUT2D eigenvalue weighted by Gasteiger charge is -2.26. The second-order valence-corrected chi connectivity index (χ2v) is 13.0. The maximum atomic E-state index is 12.8. The molecular formula is C44H54N2O4. The van der Waals surface area contributed by atoms with Gasteiger partial charge in [-0.05, 0) is 136 Å². The predicted molar refractivity (Wildman–Crippen MR) is 206 cm³/mol. The Morgan fingerprint density at radius 1 is 0.640 bits per heavy atom. The molecule has 6 rings (SSSR count). The molecule has 50 heavy (non-hydrogen) atoms. The topological polar surface area (TPSA) is 78.4 Å². The summed E-state index contributed by atoms with van der Waals surface area (Å²) >= 11 is 0. The van der Waals surface area contributed by atoms with Gasteiger partial charge in [0.05, 0.1) is 23.2 Å². The molecule has 2 aromatic heterocycles. The molecule has 2 aromatic carbocycles. The molecule has 4 aromatic rings. The first-order valence-corrected chi connectivity index (χ1v) is 17.3. The highest BCUT2D eigenvalue weighted by molar-refractivity contribution is 6.01. The number of methoxy groups -OCH3 is 2. The molecule has 2 fully saturated rings. The third-order valence-electron chi connectivity index (χ3n) is 10.1. The number of rotatable bonds is 8. The zero-order valence-corrected chi connectivity index (χ0v) is 28.7. The fourth-order valence-corrected chi connectivity index (χ4v) is 7.13. The number of ketones is 2. The average molecular weight is 675 g/mol. The van der Waals surface area contributed by atoms with E-state index in [1.54, 1.807) is 14.2 Å². The summed E-state index contributed by atoms with van der Waals surface area (Å²) < 4.78 is 10.8. The summed E-state index contributed by atoms with van der Waals surface area (Å²) in [6, 6.07) is 15.6. The molecule has 0 bridgehead atoms. The van der Waals surface area contributed by atoms with Gasteiger partial charge in [0, 0.05) is 48.0 Å². The number of carbonyl (C=O) groups excluding carboxylic acids is 2. The second-order valence-electron chi connectivity index (χ2n) is 13.0. The van der Waals surface area contributed by atoms with E-state index >= 15 is 0 Å². The van der Waals surface area contributed by atoms with E-state index in [-0.39, 0.29) is 38.3 Å². The van der Waals surface area contributed by atoms with Crippen molar-refractivity contribution in [2.75, 3.05) is 14.2 Å². The summed E-state index contributed by atoms with van der Waals surface area (Å²) in [6.07, 6.45) is 20.9. The van der Waals surface area contributed by atoms with E-state index in [4.69, 9.17) is 22.3 Å². The lowest BCUT2D eigenvalue weighted by molar-refractivity contribution is 0.0515. The summed E-state index contributed by atoms with van der Waals surface area (Å²) in [5, 5.41) is 1.98. The largest absolute Gasteiger partial charge is 0.381 e. The number of aryl methyl sites for hydroxylation is 2. The fraction of sp³-hybridized carbons (Fsp3) is 0.455. The van der Waals surface area contributed by atoms with Crippen LogP contribution >= 0.6 is 0 Å². The SMILES string of the molecule is C.C.C#Cc1nc2ccc(C(=O)C3CCC(OC)CC3)cc2cc1CC.C#Cc1nc2ccc(C(=O)C3CCC(OC)CC3)cc2cc1CC. The molecule has 0 N–H and O–H groups in total. The number of benzene rings is 2.